The van der Waals surface area contributed by atoms with Gasteiger partial charge in [0.15, 0.2) is 0 Å². The molecule has 0 spiro atoms. The van der Waals surface area contributed by atoms with Crippen LogP contribution in [0, 0.1) is 11.3 Å². The lowest BCUT2D eigenvalue weighted by atomic mass is 10.0. The van der Waals surface area contributed by atoms with Crippen LogP contribution in [0.5, 0.6) is 0 Å². The molecule has 1 rings (SSSR count). The Morgan fingerprint density at radius 2 is 2.15 bits per heavy atom. The number of aliphatic hydroxyl groups is 1. The zero-order valence-corrected chi connectivity index (χ0v) is 7.62. The van der Waals surface area contributed by atoms with Gasteiger partial charge in [-0.25, -0.2) is 0 Å². The molecule has 13 heavy (non-hydrogen) atoms. The highest BCUT2D eigenvalue weighted by molar-refractivity contribution is 6.31. The van der Waals surface area contributed by atoms with Gasteiger partial charge in [0.05, 0.1) is 11.6 Å². The SMILES string of the molecule is C=C(C#N)C(O)c1ccccc1Cl. The lowest BCUT2D eigenvalue weighted by Crippen LogP contribution is -1.99. The van der Waals surface area contributed by atoms with Crippen molar-refractivity contribution in [2.75, 3.05) is 0 Å². The van der Waals surface area contributed by atoms with Crippen molar-refractivity contribution >= 4 is 11.6 Å². The van der Waals surface area contributed by atoms with Gasteiger partial charge in [-0.2, -0.15) is 5.26 Å². The van der Waals surface area contributed by atoms with Crippen molar-refractivity contribution in [3.05, 3.63) is 47.0 Å². The van der Waals surface area contributed by atoms with Crippen molar-refractivity contribution in [3.63, 3.8) is 0 Å². The molecule has 0 amide bonds. The summed E-state index contributed by atoms with van der Waals surface area (Å²) in [5, 5.41) is 18.5. The van der Waals surface area contributed by atoms with E-state index in [2.05, 4.69) is 6.58 Å². The van der Waals surface area contributed by atoms with Crippen LogP contribution in [0.3, 0.4) is 0 Å². The van der Waals surface area contributed by atoms with Crippen LogP contribution in [0.1, 0.15) is 11.7 Å². The Labute approximate surface area is 81.7 Å². The predicted octanol–water partition coefficient (Wildman–Crippen LogP) is 2.45. The Morgan fingerprint density at radius 3 is 2.69 bits per heavy atom. The Balaban J connectivity index is 3.03. The van der Waals surface area contributed by atoms with Gasteiger partial charge < -0.3 is 5.11 Å². The first kappa shape index (κ1) is 9.79. The summed E-state index contributed by atoms with van der Waals surface area (Å²) in [5.74, 6) is 0. The third kappa shape index (κ3) is 2.09. The number of benzene rings is 1. The van der Waals surface area contributed by atoms with E-state index in [1.807, 2.05) is 0 Å². The highest BCUT2D eigenvalue weighted by Gasteiger charge is 2.13. The van der Waals surface area contributed by atoms with Gasteiger partial charge in [0.2, 0.25) is 0 Å². The number of hydrogen-bond donors (Lipinski definition) is 1. The Kier molecular flexibility index (Phi) is 3.07. The molecule has 0 bridgehead atoms. The van der Waals surface area contributed by atoms with Crippen molar-refractivity contribution in [2.24, 2.45) is 0 Å². The maximum absolute atomic E-state index is 9.56. The van der Waals surface area contributed by atoms with Crippen molar-refractivity contribution in [1.82, 2.24) is 0 Å². The Morgan fingerprint density at radius 1 is 1.54 bits per heavy atom. The molecule has 0 saturated carbocycles. The third-order valence-corrected chi connectivity index (χ3v) is 2.02. The normalized spacial score (nSPS) is 11.8. The van der Waals surface area contributed by atoms with E-state index in [9.17, 15) is 5.11 Å². The Hall–Kier alpha value is -1.30. The quantitative estimate of drug-likeness (QED) is 0.734. The molecule has 0 radical (unpaired) electrons. The van der Waals surface area contributed by atoms with Crippen molar-refractivity contribution in [3.8, 4) is 6.07 Å². The van der Waals surface area contributed by atoms with E-state index < -0.39 is 6.10 Å². The molecule has 0 fully saturated rings. The summed E-state index contributed by atoms with van der Waals surface area (Å²) in [5.41, 5.74) is 0.601. The van der Waals surface area contributed by atoms with Crippen LogP contribution in [-0.4, -0.2) is 5.11 Å². The number of nitrogens with zero attached hydrogens (tertiary/aromatic N) is 1. The van der Waals surface area contributed by atoms with Crippen LogP contribution in [-0.2, 0) is 0 Å². The molecule has 0 aliphatic heterocycles. The molecule has 2 nitrogen and oxygen atoms in total. The zero-order chi connectivity index (χ0) is 9.84. The average molecular weight is 194 g/mol. The number of nitriles is 1. The first-order valence-corrected chi connectivity index (χ1v) is 4.06. The van der Waals surface area contributed by atoms with Crippen LogP contribution >= 0.6 is 11.6 Å². The van der Waals surface area contributed by atoms with E-state index in [1.54, 1.807) is 30.3 Å². The molecule has 1 aromatic rings. The van der Waals surface area contributed by atoms with Gasteiger partial charge >= 0.3 is 0 Å². The van der Waals surface area contributed by atoms with Crippen molar-refractivity contribution in [2.45, 2.75) is 6.10 Å². The molecule has 1 unspecified atom stereocenters. The topological polar surface area (TPSA) is 44.0 Å². The standard InChI is InChI=1S/C10H8ClNO/c1-7(6-12)10(13)8-4-2-3-5-9(8)11/h2-5,10,13H,1H2. The third-order valence-electron chi connectivity index (χ3n) is 1.67. The van der Waals surface area contributed by atoms with E-state index >= 15 is 0 Å². The molecule has 1 aromatic carbocycles. The number of aliphatic hydroxyl groups excluding tert-OH is 1. The molecule has 66 valence electrons. The molecule has 1 N–H and O–H groups in total. The molecule has 3 heteroatoms. The van der Waals surface area contributed by atoms with E-state index in [-0.39, 0.29) is 5.57 Å². The van der Waals surface area contributed by atoms with Crippen LogP contribution < -0.4 is 0 Å². The van der Waals surface area contributed by atoms with Crippen molar-refractivity contribution < 1.29 is 5.11 Å². The molecular formula is C10H8ClNO. The summed E-state index contributed by atoms with van der Waals surface area (Å²) < 4.78 is 0. The predicted molar refractivity (Wildman–Crippen MR) is 51.2 cm³/mol. The largest absolute Gasteiger partial charge is 0.383 e. The van der Waals surface area contributed by atoms with Gasteiger partial charge in [0.1, 0.15) is 6.10 Å². The average Bonchev–Trinajstić information content (AvgIpc) is 2.16. The minimum absolute atomic E-state index is 0.0908. The molecule has 0 aliphatic carbocycles. The van der Waals surface area contributed by atoms with E-state index in [0.717, 1.165) is 0 Å². The van der Waals surface area contributed by atoms with Crippen LogP contribution in [0.15, 0.2) is 36.4 Å². The summed E-state index contributed by atoms with van der Waals surface area (Å²) >= 11 is 5.81. The smallest absolute Gasteiger partial charge is 0.115 e. The van der Waals surface area contributed by atoms with Gasteiger partial charge in [-0.15, -0.1) is 0 Å². The lowest BCUT2D eigenvalue weighted by Gasteiger charge is -2.09. The Bertz CT molecular complexity index is 367. The zero-order valence-electron chi connectivity index (χ0n) is 6.87. The van der Waals surface area contributed by atoms with Crippen LogP contribution in [0.2, 0.25) is 5.02 Å². The summed E-state index contributed by atoms with van der Waals surface area (Å²) in [6, 6.07) is 8.61. The molecule has 0 heterocycles. The van der Waals surface area contributed by atoms with E-state index in [0.29, 0.717) is 10.6 Å². The minimum atomic E-state index is -1.00. The van der Waals surface area contributed by atoms with Crippen LogP contribution in [0.4, 0.5) is 0 Å². The van der Waals surface area contributed by atoms with Gasteiger partial charge in [-0.1, -0.05) is 36.4 Å². The summed E-state index contributed by atoms with van der Waals surface area (Å²) in [4.78, 5) is 0. The van der Waals surface area contributed by atoms with Gasteiger partial charge in [-0.05, 0) is 6.07 Å². The van der Waals surface area contributed by atoms with Gasteiger partial charge in [-0.3, -0.25) is 0 Å². The second-order valence-electron chi connectivity index (χ2n) is 2.56. The maximum atomic E-state index is 9.56. The first-order valence-electron chi connectivity index (χ1n) is 3.68. The minimum Gasteiger partial charge on any atom is -0.383 e. The fourth-order valence-corrected chi connectivity index (χ4v) is 1.18. The second kappa shape index (κ2) is 4.08. The monoisotopic (exact) mass is 193 g/mol. The van der Waals surface area contributed by atoms with E-state index in [4.69, 9.17) is 16.9 Å². The lowest BCUT2D eigenvalue weighted by molar-refractivity contribution is 0.221. The summed E-state index contributed by atoms with van der Waals surface area (Å²) in [6.07, 6.45) is -1.00. The molecular weight excluding hydrogens is 186 g/mol. The van der Waals surface area contributed by atoms with E-state index in [1.165, 1.54) is 0 Å². The van der Waals surface area contributed by atoms with Crippen molar-refractivity contribution in [1.29, 1.82) is 5.26 Å². The first-order chi connectivity index (χ1) is 6.16. The van der Waals surface area contributed by atoms with Gasteiger partial charge in [0, 0.05) is 10.6 Å². The molecule has 1 atom stereocenters. The molecule has 0 saturated heterocycles. The fourth-order valence-electron chi connectivity index (χ4n) is 0.946. The second-order valence-corrected chi connectivity index (χ2v) is 2.97. The fraction of sp³-hybridized carbons (Fsp3) is 0.100. The maximum Gasteiger partial charge on any atom is 0.115 e. The summed E-state index contributed by atoms with van der Waals surface area (Å²) in [6.45, 7) is 3.42. The number of halogens is 1. The molecule has 0 aliphatic rings. The number of hydrogen-bond acceptors (Lipinski definition) is 2. The highest BCUT2D eigenvalue weighted by atomic mass is 35.5. The number of rotatable bonds is 2. The molecule has 0 aromatic heterocycles. The summed E-state index contributed by atoms with van der Waals surface area (Å²) in [7, 11) is 0. The van der Waals surface area contributed by atoms with Crippen LogP contribution in [0.25, 0.3) is 0 Å². The van der Waals surface area contributed by atoms with Gasteiger partial charge in [0.25, 0.3) is 0 Å². The highest BCUT2D eigenvalue weighted by Crippen LogP contribution is 2.26.